The number of nitrogen functional groups attached to an aromatic ring is 1. The Bertz CT molecular complexity index is 419. The van der Waals surface area contributed by atoms with E-state index in [1.807, 2.05) is 0 Å². The minimum atomic E-state index is -0.816. The van der Waals surface area contributed by atoms with E-state index in [2.05, 4.69) is 43.4 Å². The molecular formula is C12H20F2N4. The number of hydrazine groups is 1. The van der Waals surface area contributed by atoms with E-state index in [1.54, 1.807) is 0 Å². The van der Waals surface area contributed by atoms with Gasteiger partial charge in [-0.15, -0.1) is 0 Å². The highest BCUT2D eigenvalue weighted by Gasteiger charge is 2.23. The Kier molecular flexibility index (Phi) is 4.45. The lowest BCUT2D eigenvalue weighted by Gasteiger charge is -2.29. The minimum absolute atomic E-state index is 0.00178. The lowest BCUT2D eigenvalue weighted by Crippen LogP contribution is -2.29. The number of nitrogens with two attached hydrogens (primary N) is 1. The first kappa shape index (κ1) is 14.6. The van der Waals surface area contributed by atoms with Crippen LogP contribution >= 0.6 is 0 Å². The molecule has 4 nitrogen and oxygen atoms in total. The average molecular weight is 258 g/mol. The molecule has 0 aliphatic rings. The second-order valence-corrected chi connectivity index (χ2v) is 5.29. The van der Waals surface area contributed by atoms with Crippen molar-refractivity contribution in [2.24, 2.45) is 17.2 Å². The van der Waals surface area contributed by atoms with Gasteiger partial charge in [0.1, 0.15) is 0 Å². The summed E-state index contributed by atoms with van der Waals surface area (Å²) in [7, 11) is 0. The highest BCUT2D eigenvalue weighted by Crippen LogP contribution is 2.27. The number of nitrogens with one attached hydrogen (secondary N) is 2. The third-order valence-corrected chi connectivity index (χ3v) is 3.34. The highest BCUT2D eigenvalue weighted by atomic mass is 19.1. The van der Waals surface area contributed by atoms with Gasteiger partial charge in [0.05, 0.1) is 0 Å². The van der Waals surface area contributed by atoms with Crippen LogP contribution in [0.25, 0.3) is 0 Å². The first-order chi connectivity index (χ1) is 8.27. The van der Waals surface area contributed by atoms with Gasteiger partial charge in [-0.1, -0.05) is 27.7 Å². The number of halogens is 2. The Hall–Kier alpha value is -1.43. The molecule has 6 heteroatoms. The van der Waals surface area contributed by atoms with Crippen LogP contribution in [0.3, 0.4) is 0 Å². The molecule has 0 saturated heterocycles. The molecule has 0 saturated carbocycles. The molecule has 0 spiro atoms. The molecule has 1 rings (SSSR count). The number of hydrogen-bond acceptors (Lipinski definition) is 4. The number of rotatable bonds is 5. The first-order valence-corrected chi connectivity index (χ1v) is 5.84. The van der Waals surface area contributed by atoms with Crippen LogP contribution in [-0.2, 0) is 0 Å². The van der Waals surface area contributed by atoms with Crippen LogP contribution in [0.15, 0.2) is 6.07 Å². The zero-order chi connectivity index (χ0) is 13.9. The molecule has 1 heterocycles. The summed E-state index contributed by atoms with van der Waals surface area (Å²) >= 11 is 0. The van der Waals surface area contributed by atoms with Crippen molar-refractivity contribution < 1.29 is 8.78 Å². The van der Waals surface area contributed by atoms with Crippen molar-refractivity contribution in [2.45, 2.75) is 27.7 Å². The van der Waals surface area contributed by atoms with E-state index in [1.165, 1.54) is 0 Å². The molecule has 102 valence electrons. The molecule has 0 unspecified atom stereocenters. The van der Waals surface area contributed by atoms with Crippen LogP contribution in [0.4, 0.5) is 20.4 Å². The number of anilines is 2. The molecule has 4 N–H and O–H groups in total. The van der Waals surface area contributed by atoms with Crippen LogP contribution in [0.2, 0.25) is 0 Å². The van der Waals surface area contributed by atoms with Gasteiger partial charge in [0, 0.05) is 12.6 Å². The zero-order valence-electron chi connectivity index (χ0n) is 11.1. The Morgan fingerprint density at radius 1 is 1.28 bits per heavy atom. The minimum Gasteiger partial charge on any atom is -0.367 e. The molecule has 0 amide bonds. The van der Waals surface area contributed by atoms with Crippen molar-refractivity contribution in [1.29, 1.82) is 0 Å². The molecule has 0 atom stereocenters. The molecule has 1 aromatic heterocycles. The molecule has 0 aliphatic carbocycles. The molecule has 0 aliphatic heterocycles. The van der Waals surface area contributed by atoms with Crippen LogP contribution in [0, 0.1) is 23.0 Å². The van der Waals surface area contributed by atoms with Crippen LogP contribution < -0.4 is 16.6 Å². The summed E-state index contributed by atoms with van der Waals surface area (Å²) in [6, 6.07) is 0.757. The molecule has 1 aromatic rings. The lowest BCUT2D eigenvalue weighted by atomic mass is 9.81. The van der Waals surface area contributed by atoms with Crippen molar-refractivity contribution >= 4 is 11.6 Å². The van der Waals surface area contributed by atoms with E-state index in [9.17, 15) is 8.78 Å². The Morgan fingerprint density at radius 3 is 2.33 bits per heavy atom. The fraction of sp³-hybridized carbons (Fsp3) is 0.583. The molecule has 0 fully saturated rings. The Labute approximate surface area is 106 Å². The van der Waals surface area contributed by atoms with E-state index in [0.717, 1.165) is 6.07 Å². The smallest absolute Gasteiger partial charge is 0.178 e. The van der Waals surface area contributed by atoms with Crippen molar-refractivity contribution in [3.8, 4) is 0 Å². The number of hydrogen-bond donors (Lipinski definition) is 3. The average Bonchev–Trinajstić information content (AvgIpc) is 2.27. The van der Waals surface area contributed by atoms with Gasteiger partial charge >= 0.3 is 0 Å². The third-order valence-electron chi connectivity index (χ3n) is 3.34. The van der Waals surface area contributed by atoms with Crippen LogP contribution in [0.1, 0.15) is 27.7 Å². The van der Waals surface area contributed by atoms with Crippen molar-refractivity contribution in [3.63, 3.8) is 0 Å². The fourth-order valence-corrected chi connectivity index (χ4v) is 1.21. The summed E-state index contributed by atoms with van der Waals surface area (Å²) in [5.41, 5.74) is 2.06. The highest BCUT2D eigenvalue weighted by molar-refractivity contribution is 5.46. The molecule has 18 heavy (non-hydrogen) atoms. The number of nitrogens with zero attached hydrogens (tertiary/aromatic N) is 1. The summed E-state index contributed by atoms with van der Waals surface area (Å²) in [4.78, 5) is 3.76. The summed E-state index contributed by atoms with van der Waals surface area (Å²) in [5, 5.41) is 2.89. The summed E-state index contributed by atoms with van der Waals surface area (Å²) in [6.07, 6.45) is 0. The van der Waals surface area contributed by atoms with Crippen molar-refractivity contribution in [2.75, 3.05) is 17.3 Å². The quantitative estimate of drug-likeness (QED) is 0.561. The SMILES string of the molecule is CC(C)C(C)(C)CNc1nc(NN)c(F)cc1F. The number of aromatic nitrogens is 1. The van der Waals surface area contributed by atoms with Gasteiger partial charge < -0.3 is 10.7 Å². The van der Waals surface area contributed by atoms with Crippen LogP contribution in [-0.4, -0.2) is 11.5 Å². The maximum atomic E-state index is 13.5. The molecular weight excluding hydrogens is 238 g/mol. The van der Waals surface area contributed by atoms with Gasteiger partial charge in [-0.3, -0.25) is 0 Å². The fourth-order valence-electron chi connectivity index (χ4n) is 1.21. The Morgan fingerprint density at radius 2 is 1.83 bits per heavy atom. The third kappa shape index (κ3) is 3.29. The maximum absolute atomic E-state index is 13.5. The van der Waals surface area contributed by atoms with Gasteiger partial charge in [-0.05, 0) is 11.3 Å². The summed E-state index contributed by atoms with van der Waals surface area (Å²) in [5.74, 6) is 3.79. The van der Waals surface area contributed by atoms with E-state index in [-0.39, 0.29) is 17.1 Å². The molecule has 0 radical (unpaired) electrons. The summed E-state index contributed by atoms with van der Waals surface area (Å²) < 4.78 is 26.7. The van der Waals surface area contributed by atoms with E-state index in [4.69, 9.17) is 5.84 Å². The predicted molar refractivity (Wildman–Crippen MR) is 69.1 cm³/mol. The molecule has 0 aromatic carbocycles. The standard InChI is InChI=1S/C12H20F2N4/c1-7(2)12(3,4)6-16-10-8(13)5-9(14)11(17-10)18-15/h5,7H,6,15H2,1-4H3,(H2,16,17,18). The van der Waals surface area contributed by atoms with Gasteiger partial charge in [-0.25, -0.2) is 19.6 Å². The van der Waals surface area contributed by atoms with E-state index >= 15 is 0 Å². The van der Waals surface area contributed by atoms with Crippen molar-refractivity contribution in [1.82, 2.24) is 4.98 Å². The van der Waals surface area contributed by atoms with Crippen molar-refractivity contribution in [3.05, 3.63) is 17.7 Å². The lowest BCUT2D eigenvalue weighted by molar-refractivity contribution is 0.269. The second-order valence-electron chi connectivity index (χ2n) is 5.29. The van der Waals surface area contributed by atoms with Crippen LogP contribution in [0.5, 0.6) is 0 Å². The van der Waals surface area contributed by atoms with Gasteiger partial charge in [0.15, 0.2) is 23.3 Å². The second kappa shape index (κ2) is 5.48. The molecule has 0 bridgehead atoms. The predicted octanol–water partition coefficient (Wildman–Crippen LogP) is 2.74. The van der Waals surface area contributed by atoms with Gasteiger partial charge in [-0.2, -0.15) is 0 Å². The van der Waals surface area contributed by atoms with Gasteiger partial charge in [0.2, 0.25) is 0 Å². The van der Waals surface area contributed by atoms with E-state index in [0.29, 0.717) is 12.5 Å². The monoisotopic (exact) mass is 258 g/mol. The maximum Gasteiger partial charge on any atom is 0.178 e. The first-order valence-electron chi connectivity index (χ1n) is 5.84. The topological polar surface area (TPSA) is 63.0 Å². The van der Waals surface area contributed by atoms with E-state index < -0.39 is 11.6 Å². The largest absolute Gasteiger partial charge is 0.367 e. The number of pyridine rings is 1. The van der Waals surface area contributed by atoms with Gasteiger partial charge in [0.25, 0.3) is 0 Å². The zero-order valence-corrected chi connectivity index (χ0v) is 11.1. The summed E-state index contributed by atoms with van der Waals surface area (Å²) in [6.45, 7) is 8.83. The normalized spacial score (nSPS) is 11.8. The Balaban J connectivity index is 2.85.